The number of aromatic carboxylic acids is 1. The Labute approximate surface area is 128 Å². The van der Waals surface area contributed by atoms with Gasteiger partial charge < -0.3 is 10.4 Å². The van der Waals surface area contributed by atoms with Crippen LogP contribution in [0.4, 0.5) is 5.00 Å². The predicted molar refractivity (Wildman–Crippen MR) is 80.1 cm³/mol. The van der Waals surface area contributed by atoms with Gasteiger partial charge in [-0.1, -0.05) is 29.3 Å². The first kappa shape index (κ1) is 14.8. The summed E-state index contributed by atoms with van der Waals surface area (Å²) in [5.41, 5.74) is 0.701. The molecule has 0 saturated heterocycles. The second-order valence-electron chi connectivity index (χ2n) is 3.93. The summed E-state index contributed by atoms with van der Waals surface area (Å²) in [6.45, 7) is 0. The predicted octanol–water partition coefficient (Wildman–Crippen LogP) is 3.93. The Hall–Kier alpha value is -1.56. The molecule has 0 atom stereocenters. The van der Waals surface area contributed by atoms with Gasteiger partial charge in [0.05, 0.1) is 12.0 Å². The maximum absolute atomic E-state index is 11.9. The number of carbonyl (C=O) groups is 2. The van der Waals surface area contributed by atoms with Crippen LogP contribution in [0.3, 0.4) is 0 Å². The number of nitrogens with one attached hydrogen (secondary N) is 1. The van der Waals surface area contributed by atoms with Crippen LogP contribution in [0, 0.1) is 0 Å². The van der Waals surface area contributed by atoms with E-state index in [4.69, 9.17) is 28.3 Å². The molecule has 0 saturated carbocycles. The molecule has 2 rings (SSSR count). The van der Waals surface area contributed by atoms with Crippen LogP contribution in [0.15, 0.2) is 29.6 Å². The molecule has 7 heteroatoms. The zero-order valence-corrected chi connectivity index (χ0v) is 12.4. The fraction of sp³-hybridized carbons (Fsp3) is 0.0769. The van der Waals surface area contributed by atoms with Gasteiger partial charge in [-0.15, -0.1) is 11.3 Å². The quantitative estimate of drug-likeness (QED) is 0.892. The molecule has 1 amide bonds. The molecule has 4 nitrogen and oxygen atoms in total. The van der Waals surface area contributed by atoms with Gasteiger partial charge in [-0.3, -0.25) is 4.79 Å². The molecule has 0 bridgehead atoms. The summed E-state index contributed by atoms with van der Waals surface area (Å²) >= 11 is 12.9. The van der Waals surface area contributed by atoms with Gasteiger partial charge in [0.25, 0.3) is 0 Å². The molecule has 2 aromatic rings. The van der Waals surface area contributed by atoms with Gasteiger partial charge >= 0.3 is 5.97 Å². The molecule has 20 heavy (non-hydrogen) atoms. The van der Waals surface area contributed by atoms with Crippen molar-refractivity contribution in [2.75, 3.05) is 5.32 Å². The highest BCUT2D eigenvalue weighted by Gasteiger charge is 2.14. The third kappa shape index (κ3) is 3.50. The highest BCUT2D eigenvalue weighted by molar-refractivity contribution is 7.14. The molecule has 1 aromatic carbocycles. The molecule has 0 aliphatic rings. The first-order chi connectivity index (χ1) is 9.47. The highest BCUT2D eigenvalue weighted by atomic mass is 35.5. The van der Waals surface area contributed by atoms with Gasteiger partial charge in [0, 0.05) is 10.0 Å². The lowest BCUT2D eigenvalue weighted by molar-refractivity contribution is -0.115. The lowest BCUT2D eigenvalue weighted by Gasteiger charge is -2.06. The van der Waals surface area contributed by atoms with E-state index in [1.54, 1.807) is 23.6 Å². The molecule has 0 aliphatic carbocycles. The molecule has 0 fully saturated rings. The molecule has 2 N–H and O–H groups in total. The van der Waals surface area contributed by atoms with Crippen molar-refractivity contribution in [3.05, 3.63) is 50.8 Å². The van der Waals surface area contributed by atoms with Gasteiger partial charge in [-0.2, -0.15) is 0 Å². The Morgan fingerprint density at radius 3 is 2.65 bits per heavy atom. The molecule has 0 radical (unpaired) electrons. The topological polar surface area (TPSA) is 66.4 Å². The lowest BCUT2D eigenvalue weighted by atomic mass is 10.1. The number of carboxylic acid groups (broad SMARTS) is 1. The van der Waals surface area contributed by atoms with Crippen LogP contribution in [0.1, 0.15) is 15.9 Å². The fourth-order valence-corrected chi connectivity index (χ4v) is 2.85. The first-order valence-corrected chi connectivity index (χ1v) is 7.15. The number of thiophene rings is 1. The highest BCUT2D eigenvalue weighted by Crippen LogP contribution is 2.25. The number of carboxylic acids is 1. The van der Waals surface area contributed by atoms with Crippen LogP contribution in [-0.2, 0) is 11.2 Å². The van der Waals surface area contributed by atoms with E-state index in [2.05, 4.69) is 5.32 Å². The second kappa shape index (κ2) is 6.26. The third-order valence-corrected chi connectivity index (χ3v) is 3.93. The summed E-state index contributed by atoms with van der Waals surface area (Å²) in [7, 11) is 0. The van der Waals surface area contributed by atoms with Crippen molar-refractivity contribution >= 4 is 51.4 Å². The van der Waals surface area contributed by atoms with E-state index in [1.165, 1.54) is 6.07 Å². The summed E-state index contributed by atoms with van der Waals surface area (Å²) in [6, 6.07) is 6.30. The smallest absolute Gasteiger partial charge is 0.338 e. The van der Waals surface area contributed by atoms with Crippen LogP contribution in [-0.4, -0.2) is 17.0 Å². The molecule has 1 heterocycles. The molecular weight excluding hydrogens is 321 g/mol. The number of anilines is 1. The van der Waals surface area contributed by atoms with Crippen molar-refractivity contribution in [1.29, 1.82) is 0 Å². The number of amides is 1. The van der Waals surface area contributed by atoms with E-state index in [0.717, 1.165) is 11.3 Å². The maximum Gasteiger partial charge on any atom is 0.338 e. The van der Waals surface area contributed by atoms with Crippen molar-refractivity contribution in [3.63, 3.8) is 0 Å². The normalized spacial score (nSPS) is 10.3. The number of halogens is 2. The van der Waals surface area contributed by atoms with Crippen molar-refractivity contribution in [3.8, 4) is 0 Å². The molecule has 0 unspecified atom stereocenters. The monoisotopic (exact) mass is 329 g/mol. The molecule has 104 valence electrons. The fourth-order valence-electron chi connectivity index (χ4n) is 1.58. The van der Waals surface area contributed by atoms with Gasteiger partial charge in [-0.05, 0) is 29.1 Å². The van der Waals surface area contributed by atoms with Crippen LogP contribution in [0.5, 0.6) is 0 Å². The second-order valence-corrected chi connectivity index (χ2v) is 5.69. The van der Waals surface area contributed by atoms with Crippen LogP contribution in [0.25, 0.3) is 0 Å². The van der Waals surface area contributed by atoms with E-state index in [-0.39, 0.29) is 17.9 Å². The van der Waals surface area contributed by atoms with Crippen molar-refractivity contribution in [2.24, 2.45) is 0 Å². The third-order valence-electron chi connectivity index (χ3n) is 2.51. The molecular formula is C13H9Cl2NO3S. The van der Waals surface area contributed by atoms with E-state index >= 15 is 0 Å². The first-order valence-electron chi connectivity index (χ1n) is 5.52. The van der Waals surface area contributed by atoms with Crippen LogP contribution >= 0.6 is 34.5 Å². The van der Waals surface area contributed by atoms with E-state index in [9.17, 15) is 9.59 Å². The zero-order chi connectivity index (χ0) is 14.7. The van der Waals surface area contributed by atoms with Crippen LogP contribution < -0.4 is 5.32 Å². The Kier molecular flexibility index (Phi) is 4.65. The number of rotatable bonds is 4. The number of hydrogen-bond acceptors (Lipinski definition) is 3. The number of benzene rings is 1. The van der Waals surface area contributed by atoms with E-state index in [0.29, 0.717) is 20.6 Å². The summed E-state index contributed by atoms with van der Waals surface area (Å²) in [5.74, 6) is -1.41. The van der Waals surface area contributed by atoms with E-state index in [1.807, 2.05) is 0 Å². The van der Waals surface area contributed by atoms with E-state index < -0.39 is 5.97 Å². The summed E-state index contributed by atoms with van der Waals surface area (Å²) in [4.78, 5) is 22.8. The molecule has 0 aliphatic heterocycles. The van der Waals surface area contributed by atoms with Crippen LogP contribution in [0.2, 0.25) is 10.0 Å². The van der Waals surface area contributed by atoms with Crippen molar-refractivity contribution in [1.82, 2.24) is 0 Å². The molecule has 0 spiro atoms. The molecule has 1 aromatic heterocycles. The number of carbonyl (C=O) groups excluding carboxylic acids is 1. The SMILES string of the molecule is O=C(Cc1ccc(Cl)cc1Cl)Nc1sccc1C(=O)O. The Morgan fingerprint density at radius 2 is 2.00 bits per heavy atom. The average Bonchev–Trinajstić information content (AvgIpc) is 2.81. The summed E-state index contributed by atoms with van der Waals surface area (Å²) in [5, 5.41) is 14.3. The minimum Gasteiger partial charge on any atom is -0.478 e. The lowest BCUT2D eigenvalue weighted by Crippen LogP contribution is -2.15. The van der Waals surface area contributed by atoms with Gasteiger partial charge in [0.15, 0.2) is 0 Å². The standard InChI is InChI=1S/C13H9Cl2NO3S/c14-8-2-1-7(10(15)6-8)5-11(17)16-12-9(13(18)19)3-4-20-12/h1-4,6H,5H2,(H,16,17)(H,18,19). The largest absolute Gasteiger partial charge is 0.478 e. The maximum atomic E-state index is 11.9. The zero-order valence-electron chi connectivity index (χ0n) is 10.0. The van der Waals surface area contributed by atoms with Crippen molar-refractivity contribution in [2.45, 2.75) is 6.42 Å². The average molecular weight is 330 g/mol. The minimum atomic E-state index is -1.08. The van der Waals surface area contributed by atoms with Gasteiger partial charge in [0.2, 0.25) is 5.91 Å². The Morgan fingerprint density at radius 1 is 1.25 bits per heavy atom. The van der Waals surface area contributed by atoms with Crippen molar-refractivity contribution < 1.29 is 14.7 Å². The van der Waals surface area contributed by atoms with Gasteiger partial charge in [-0.25, -0.2) is 4.79 Å². The summed E-state index contributed by atoms with van der Waals surface area (Å²) < 4.78 is 0. The summed E-state index contributed by atoms with van der Waals surface area (Å²) in [6.07, 6.45) is 0.0486. The Balaban J connectivity index is 2.09. The number of hydrogen-bond donors (Lipinski definition) is 2. The minimum absolute atomic E-state index is 0.0486. The van der Waals surface area contributed by atoms with Gasteiger partial charge in [0.1, 0.15) is 5.00 Å². The Bertz CT molecular complexity index is 669.